The number of pyridine rings is 2. The number of carbonyl (C=O) groups excluding carboxylic acids is 1. The fourth-order valence-corrected chi connectivity index (χ4v) is 3.70. The lowest BCUT2D eigenvalue weighted by Crippen LogP contribution is -2.43. The first-order valence-electron chi connectivity index (χ1n) is 9.74. The number of nitrogens with one attached hydrogen (secondary N) is 1. The normalized spacial score (nSPS) is 16.2. The van der Waals surface area contributed by atoms with E-state index in [-0.39, 0.29) is 11.8 Å². The van der Waals surface area contributed by atoms with Gasteiger partial charge in [0, 0.05) is 30.2 Å². The first-order chi connectivity index (χ1) is 13.9. The third kappa shape index (κ3) is 4.76. The summed E-state index contributed by atoms with van der Waals surface area (Å²) in [6, 6.07) is 3.71. The number of amides is 1. The van der Waals surface area contributed by atoms with Gasteiger partial charge in [-0.2, -0.15) is 0 Å². The first kappa shape index (κ1) is 19.4. The lowest BCUT2D eigenvalue weighted by atomic mass is 9.95. The van der Waals surface area contributed by atoms with Gasteiger partial charge in [-0.05, 0) is 57.3 Å². The summed E-state index contributed by atoms with van der Waals surface area (Å²) in [5, 5.41) is 4.69. The van der Waals surface area contributed by atoms with Crippen LogP contribution in [0.1, 0.15) is 26.7 Å². The highest BCUT2D eigenvalue weighted by Gasteiger charge is 2.28. The Bertz CT molecular complexity index is 992. The lowest BCUT2D eigenvalue weighted by molar-refractivity contribution is -0.121. The Morgan fingerprint density at radius 1 is 1.21 bits per heavy atom. The molecule has 8 heteroatoms. The maximum Gasteiger partial charge on any atom is 0.228 e. The fourth-order valence-electron chi connectivity index (χ4n) is 3.70. The van der Waals surface area contributed by atoms with E-state index in [2.05, 4.69) is 25.2 Å². The minimum absolute atomic E-state index is 0.0412. The number of likely N-dealkylation sites (tertiary alicyclic amines) is 1. The number of anilines is 1. The Labute approximate surface area is 168 Å². The number of carbonyl (C=O) groups is 1. The number of hydrogen-bond donors (Lipinski definition) is 1. The number of hydrogen-bond acceptors (Lipinski definition) is 6. The summed E-state index contributed by atoms with van der Waals surface area (Å²) in [6.45, 7) is 5.02. The van der Waals surface area contributed by atoms with Crippen molar-refractivity contribution in [2.24, 2.45) is 5.92 Å². The van der Waals surface area contributed by atoms with Gasteiger partial charge in [-0.1, -0.05) is 0 Å². The summed E-state index contributed by atoms with van der Waals surface area (Å²) in [4.78, 5) is 27.3. The van der Waals surface area contributed by atoms with Crippen LogP contribution in [0.25, 0.3) is 22.2 Å². The third-order valence-corrected chi connectivity index (χ3v) is 5.10. The number of oxazole rings is 1. The van der Waals surface area contributed by atoms with E-state index in [1.807, 2.05) is 12.1 Å². The number of rotatable bonds is 5. The van der Waals surface area contributed by atoms with E-state index in [1.54, 1.807) is 32.4 Å². The van der Waals surface area contributed by atoms with Crippen LogP contribution in [0.2, 0.25) is 0 Å². The monoisotopic (exact) mass is 397 g/mol. The van der Waals surface area contributed by atoms with Crippen LogP contribution in [-0.4, -0.2) is 51.1 Å². The van der Waals surface area contributed by atoms with Crippen molar-refractivity contribution >= 4 is 22.5 Å². The van der Waals surface area contributed by atoms with Gasteiger partial charge in [-0.15, -0.1) is 0 Å². The standard InChI is InChI=1S/C21H24FN5O2/c1-21(2,22)12-27-5-3-14(4-6-27)20(28)26-19-8-15-7-17(18-11-23-13-29-18)24-9-16(15)10-25-19/h7-11,13-14H,3-6,12H2,1-2H3,(H,25,26,28). The molecular weight excluding hydrogens is 373 g/mol. The smallest absolute Gasteiger partial charge is 0.228 e. The molecule has 7 nitrogen and oxygen atoms in total. The van der Waals surface area contributed by atoms with E-state index < -0.39 is 5.67 Å². The van der Waals surface area contributed by atoms with E-state index in [4.69, 9.17) is 4.42 Å². The molecule has 0 radical (unpaired) electrons. The molecule has 3 aromatic rings. The zero-order valence-electron chi connectivity index (χ0n) is 16.6. The zero-order valence-corrected chi connectivity index (χ0v) is 16.6. The largest absolute Gasteiger partial charge is 0.442 e. The number of fused-ring (bicyclic) bond motifs is 1. The molecule has 1 aliphatic heterocycles. The molecule has 29 heavy (non-hydrogen) atoms. The highest BCUT2D eigenvalue weighted by Crippen LogP contribution is 2.25. The van der Waals surface area contributed by atoms with Crippen LogP contribution in [0.3, 0.4) is 0 Å². The van der Waals surface area contributed by atoms with Gasteiger partial charge in [0.15, 0.2) is 12.2 Å². The van der Waals surface area contributed by atoms with Crippen LogP contribution in [0.4, 0.5) is 10.2 Å². The predicted octanol–water partition coefficient (Wildman–Crippen LogP) is 3.68. The van der Waals surface area contributed by atoms with Gasteiger partial charge in [0.25, 0.3) is 0 Å². The van der Waals surface area contributed by atoms with Gasteiger partial charge >= 0.3 is 0 Å². The second kappa shape index (κ2) is 7.87. The van der Waals surface area contributed by atoms with Crippen LogP contribution in [0.5, 0.6) is 0 Å². The fraction of sp³-hybridized carbons (Fsp3) is 0.429. The molecule has 1 saturated heterocycles. The highest BCUT2D eigenvalue weighted by molar-refractivity contribution is 5.94. The van der Waals surface area contributed by atoms with E-state index in [0.717, 1.165) is 36.7 Å². The maximum absolute atomic E-state index is 13.8. The molecule has 1 N–H and O–H groups in total. The summed E-state index contributed by atoms with van der Waals surface area (Å²) in [7, 11) is 0. The predicted molar refractivity (Wildman–Crippen MR) is 108 cm³/mol. The van der Waals surface area contributed by atoms with Gasteiger partial charge in [0.1, 0.15) is 17.2 Å². The van der Waals surface area contributed by atoms with Gasteiger partial charge in [0.05, 0.1) is 6.20 Å². The Balaban J connectivity index is 1.42. The minimum Gasteiger partial charge on any atom is -0.442 e. The van der Waals surface area contributed by atoms with E-state index >= 15 is 0 Å². The van der Waals surface area contributed by atoms with Crippen molar-refractivity contribution in [1.29, 1.82) is 0 Å². The number of halogens is 1. The van der Waals surface area contributed by atoms with Crippen LogP contribution < -0.4 is 5.32 Å². The van der Waals surface area contributed by atoms with Crippen molar-refractivity contribution in [3.05, 3.63) is 37.1 Å². The Morgan fingerprint density at radius 2 is 1.97 bits per heavy atom. The maximum atomic E-state index is 13.8. The molecule has 1 fully saturated rings. The van der Waals surface area contributed by atoms with Crippen molar-refractivity contribution < 1.29 is 13.6 Å². The molecule has 4 heterocycles. The molecule has 1 amide bonds. The minimum atomic E-state index is -1.22. The summed E-state index contributed by atoms with van der Waals surface area (Å²) in [5.41, 5.74) is -0.551. The summed E-state index contributed by atoms with van der Waals surface area (Å²) >= 11 is 0. The molecule has 152 valence electrons. The second-order valence-electron chi connectivity index (χ2n) is 8.11. The van der Waals surface area contributed by atoms with E-state index in [0.29, 0.717) is 23.8 Å². The van der Waals surface area contributed by atoms with Crippen molar-refractivity contribution in [2.45, 2.75) is 32.4 Å². The Morgan fingerprint density at radius 3 is 2.66 bits per heavy atom. The molecule has 0 aliphatic carbocycles. The highest BCUT2D eigenvalue weighted by atomic mass is 19.1. The zero-order chi connectivity index (χ0) is 20.4. The average molecular weight is 397 g/mol. The van der Waals surface area contributed by atoms with E-state index in [1.165, 1.54) is 6.39 Å². The van der Waals surface area contributed by atoms with Gasteiger partial charge < -0.3 is 14.6 Å². The molecule has 0 spiro atoms. The molecule has 0 atom stereocenters. The number of nitrogens with zero attached hydrogens (tertiary/aromatic N) is 4. The summed E-state index contributed by atoms with van der Waals surface area (Å²) in [6.07, 6.45) is 7.81. The third-order valence-electron chi connectivity index (χ3n) is 5.10. The number of piperidine rings is 1. The lowest BCUT2D eigenvalue weighted by Gasteiger charge is -2.33. The van der Waals surface area contributed by atoms with Gasteiger partial charge in [0.2, 0.25) is 5.91 Å². The Kier molecular flexibility index (Phi) is 5.27. The van der Waals surface area contributed by atoms with E-state index in [9.17, 15) is 9.18 Å². The van der Waals surface area contributed by atoms with Crippen LogP contribution in [-0.2, 0) is 4.79 Å². The number of aromatic nitrogens is 3. The number of alkyl halides is 1. The molecule has 0 unspecified atom stereocenters. The summed E-state index contributed by atoms with van der Waals surface area (Å²) in [5.74, 6) is 0.955. The topological polar surface area (TPSA) is 84.2 Å². The van der Waals surface area contributed by atoms with Crippen molar-refractivity contribution in [2.75, 3.05) is 25.0 Å². The average Bonchev–Trinajstić information content (AvgIpc) is 3.21. The SMILES string of the molecule is CC(C)(F)CN1CCC(C(=O)Nc2cc3cc(-c4cnco4)ncc3cn2)CC1. The molecule has 1 aliphatic rings. The molecule has 0 aromatic carbocycles. The van der Waals surface area contributed by atoms with Crippen LogP contribution >= 0.6 is 0 Å². The van der Waals surface area contributed by atoms with Gasteiger partial charge in [-0.25, -0.2) is 14.4 Å². The quantitative estimate of drug-likeness (QED) is 0.707. The van der Waals surface area contributed by atoms with Crippen LogP contribution in [0.15, 0.2) is 41.5 Å². The molecular formula is C21H24FN5O2. The Hall–Kier alpha value is -2.87. The second-order valence-corrected chi connectivity index (χ2v) is 8.11. The summed E-state index contributed by atoms with van der Waals surface area (Å²) < 4.78 is 19.1. The van der Waals surface area contributed by atoms with Gasteiger partial charge in [-0.3, -0.25) is 9.78 Å². The van der Waals surface area contributed by atoms with Crippen LogP contribution in [0, 0.1) is 5.92 Å². The molecule has 4 rings (SSSR count). The molecule has 0 saturated carbocycles. The van der Waals surface area contributed by atoms with Crippen molar-refractivity contribution in [3.63, 3.8) is 0 Å². The molecule has 3 aromatic heterocycles. The van der Waals surface area contributed by atoms with Crippen molar-refractivity contribution in [1.82, 2.24) is 19.9 Å². The first-order valence-corrected chi connectivity index (χ1v) is 9.74. The van der Waals surface area contributed by atoms with Crippen molar-refractivity contribution in [3.8, 4) is 11.5 Å². The molecule has 0 bridgehead atoms.